The topological polar surface area (TPSA) is 84.9 Å². The molecule has 0 bridgehead atoms. The summed E-state index contributed by atoms with van der Waals surface area (Å²) in [5.74, 6) is 0.178. The Bertz CT molecular complexity index is 763. The lowest BCUT2D eigenvalue weighted by Crippen LogP contribution is -2.28. The van der Waals surface area contributed by atoms with Gasteiger partial charge in [-0.25, -0.2) is 0 Å². The van der Waals surface area contributed by atoms with Crippen LogP contribution in [0.25, 0.3) is 0 Å². The van der Waals surface area contributed by atoms with E-state index < -0.39 is 0 Å². The van der Waals surface area contributed by atoms with Gasteiger partial charge in [-0.3, -0.25) is 14.4 Å². The number of hydrogen-bond acceptors (Lipinski definition) is 6. The van der Waals surface area contributed by atoms with Crippen molar-refractivity contribution in [2.75, 3.05) is 33.3 Å². The molecule has 0 aromatic carbocycles. The summed E-state index contributed by atoms with van der Waals surface area (Å²) in [7, 11) is 1.72. The van der Waals surface area contributed by atoms with Crippen LogP contribution < -0.4 is 5.32 Å². The lowest BCUT2D eigenvalue weighted by molar-refractivity contribution is -0.150. The molecule has 7 heteroatoms. The molecule has 0 atom stereocenters. The van der Waals surface area contributed by atoms with Crippen LogP contribution in [0.4, 0.5) is 0 Å². The van der Waals surface area contributed by atoms with Crippen LogP contribution in [0.15, 0.2) is 0 Å². The minimum Gasteiger partial charge on any atom is -0.468 e. The smallest absolute Gasteiger partial charge is 0.306 e. The second-order valence-electron chi connectivity index (χ2n) is 16.2. The van der Waals surface area contributed by atoms with Crippen LogP contribution in [0, 0.1) is 0 Å². The van der Waals surface area contributed by atoms with E-state index in [0.717, 1.165) is 58.2 Å². The fourth-order valence-corrected chi connectivity index (χ4v) is 7.18. The molecule has 0 aliphatic carbocycles. The Morgan fingerprint density at radius 1 is 0.491 bits per heavy atom. The SMILES string of the molecule is CCCCCCCCC(CCCCCCCC)OC(=O)CCCCCCCN(CCCCCCCC)CCCC(=O)NC.CCCCCCCCCOC=O. The number of ether oxygens (including phenoxy) is 2. The van der Waals surface area contributed by atoms with Gasteiger partial charge < -0.3 is 19.7 Å². The molecule has 7 nitrogen and oxygen atoms in total. The molecule has 0 saturated carbocycles. The minimum atomic E-state index is 0.0307. The summed E-state index contributed by atoms with van der Waals surface area (Å²) in [5.41, 5.74) is 0. The van der Waals surface area contributed by atoms with Crippen molar-refractivity contribution in [3.05, 3.63) is 0 Å². The van der Waals surface area contributed by atoms with Crippen LogP contribution in [0.1, 0.15) is 252 Å². The van der Waals surface area contributed by atoms with Crippen molar-refractivity contribution >= 4 is 18.3 Å². The first kappa shape index (κ1) is 55.5. The molecular weight excluding hydrogens is 685 g/mol. The first-order valence-electron chi connectivity index (χ1n) is 24.2. The molecule has 0 spiro atoms. The van der Waals surface area contributed by atoms with Gasteiger partial charge in [0.15, 0.2) is 0 Å². The van der Waals surface area contributed by atoms with Crippen molar-refractivity contribution in [3.8, 4) is 0 Å². The molecule has 0 radical (unpaired) electrons. The number of nitrogens with one attached hydrogen (secondary N) is 1. The van der Waals surface area contributed by atoms with E-state index in [4.69, 9.17) is 4.74 Å². The van der Waals surface area contributed by atoms with Gasteiger partial charge in [0.1, 0.15) is 6.10 Å². The molecule has 0 heterocycles. The summed E-state index contributed by atoms with van der Waals surface area (Å²) >= 11 is 0. The molecule has 55 heavy (non-hydrogen) atoms. The van der Waals surface area contributed by atoms with Crippen LogP contribution in [-0.4, -0.2) is 62.6 Å². The highest BCUT2D eigenvalue weighted by Gasteiger charge is 2.14. The maximum atomic E-state index is 12.7. The number of carbonyl (C=O) groups excluding carboxylic acids is 3. The summed E-state index contributed by atoms with van der Waals surface area (Å²) in [4.78, 5) is 36.7. The average molecular weight is 781 g/mol. The van der Waals surface area contributed by atoms with Crippen LogP contribution in [0.2, 0.25) is 0 Å². The number of rotatable bonds is 43. The fourth-order valence-electron chi connectivity index (χ4n) is 7.18. The maximum Gasteiger partial charge on any atom is 0.306 e. The molecule has 0 unspecified atom stereocenters. The van der Waals surface area contributed by atoms with Gasteiger partial charge in [0.25, 0.3) is 6.47 Å². The molecule has 328 valence electrons. The second-order valence-corrected chi connectivity index (χ2v) is 16.2. The molecule has 0 aromatic heterocycles. The average Bonchev–Trinajstić information content (AvgIpc) is 3.19. The Balaban J connectivity index is 0. The molecular formula is C48H96N2O5. The van der Waals surface area contributed by atoms with E-state index in [9.17, 15) is 14.4 Å². The highest BCUT2D eigenvalue weighted by atomic mass is 16.5. The number of amides is 1. The largest absolute Gasteiger partial charge is 0.468 e. The standard InChI is InChI=1S/C38H76N2O3.C10H20O2/c1-5-8-11-14-18-23-29-36(30-24-19-15-12-9-6-2)43-38(42)32-25-20-17-22-27-34-40(35-28-31-37(41)39-4)33-26-21-16-13-10-7-3;1-2-3-4-5-6-7-8-9-12-10-11/h36H,5-35H2,1-4H3,(H,39,41);10H,2-9H2,1H3. The molecule has 0 rings (SSSR count). The van der Waals surface area contributed by atoms with E-state index >= 15 is 0 Å². The van der Waals surface area contributed by atoms with Gasteiger partial charge in [0.05, 0.1) is 6.61 Å². The van der Waals surface area contributed by atoms with E-state index in [-0.39, 0.29) is 18.0 Å². The first-order chi connectivity index (χ1) is 27.0. The molecule has 1 amide bonds. The van der Waals surface area contributed by atoms with Crippen molar-refractivity contribution in [1.82, 2.24) is 10.2 Å². The predicted octanol–water partition coefficient (Wildman–Crippen LogP) is 13.8. The number of unbranched alkanes of at least 4 members (excludes halogenated alkanes) is 25. The van der Waals surface area contributed by atoms with Gasteiger partial charge in [-0.05, 0) is 77.4 Å². The third-order valence-electron chi connectivity index (χ3n) is 10.8. The van der Waals surface area contributed by atoms with Crippen molar-refractivity contribution < 1.29 is 23.9 Å². The van der Waals surface area contributed by atoms with E-state index in [0.29, 0.717) is 25.9 Å². The highest BCUT2D eigenvalue weighted by Crippen LogP contribution is 2.18. The Kier molecular flexibility index (Phi) is 48.9. The Hall–Kier alpha value is -1.63. The summed E-state index contributed by atoms with van der Waals surface area (Å²) in [6, 6.07) is 0. The third-order valence-corrected chi connectivity index (χ3v) is 10.8. The Morgan fingerprint density at radius 2 is 0.873 bits per heavy atom. The van der Waals surface area contributed by atoms with Crippen LogP contribution in [0.3, 0.4) is 0 Å². The van der Waals surface area contributed by atoms with Crippen LogP contribution in [-0.2, 0) is 23.9 Å². The molecule has 0 aliphatic heterocycles. The van der Waals surface area contributed by atoms with Gasteiger partial charge in [-0.15, -0.1) is 0 Å². The summed E-state index contributed by atoms with van der Waals surface area (Å²) in [6.45, 7) is 13.4. The highest BCUT2D eigenvalue weighted by molar-refractivity contribution is 5.75. The molecule has 0 saturated heterocycles. The van der Waals surface area contributed by atoms with E-state index in [1.54, 1.807) is 7.05 Å². The molecule has 0 aliphatic rings. The monoisotopic (exact) mass is 781 g/mol. The van der Waals surface area contributed by atoms with Gasteiger partial charge in [0.2, 0.25) is 5.91 Å². The Morgan fingerprint density at radius 3 is 1.31 bits per heavy atom. The third kappa shape index (κ3) is 46.6. The summed E-state index contributed by atoms with van der Waals surface area (Å²) < 4.78 is 10.6. The molecule has 1 N–H and O–H groups in total. The van der Waals surface area contributed by atoms with Crippen molar-refractivity contribution in [3.63, 3.8) is 0 Å². The van der Waals surface area contributed by atoms with Crippen molar-refractivity contribution in [2.45, 2.75) is 259 Å². The normalized spacial score (nSPS) is 11.1. The lowest BCUT2D eigenvalue weighted by Gasteiger charge is -2.22. The van der Waals surface area contributed by atoms with E-state index in [1.807, 2.05) is 0 Å². The fraction of sp³-hybridized carbons (Fsp3) is 0.938. The van der Waals surface area contributed by atoms with Gasteiger partial charge in [-0.1, -0.05) is 182 Å². The summed E-state index contributed by atoms with van der Waals surface area (Å²) in [5, 5.41) is 2.74. The van der Waals surface area contributed by atoms with Gasteiger partial charge in [-0.2, -0.15) is 0 Å². The molecule has 0 fully saturated rings. The lowest BCUT2D eigenvalue weighted by atomic mass is 10.0. The van der Waals surface area contributed by atoms with Crippen molar-refractivity contribution in [2.24, 2.45) is 0 Å². The minimum absolute atomic E-state index is 0.0307. The summed E-state index contributed by atoms with van der Waals surface area (Å²) in [6.07, 6.45) is 42.3. The number of esters is 1. The predicted molar refractivity (Wildman–Crippen MR) is 237 cm³/mol. The zero-order valence-electron chi connectivity index (χ0n) is 37.7. The number of carbonyl (C=O) groups is 3. The number of nitrogens with zero attached hydrogens (tertiary/aromatic N) is 1. The van der Waals surface area contributed by atoms with Crippen LogP contribution in [0.5, 0.6) is 0 Å². The second kappa shape index (κ2) is 48.5. The van der Waals surface area contributed by atoms with Gasteiger partial charge in [0, 0.05) is 19.9 Å². The number of hydrogen-bond donors (Lipinski definition) is 1. The van der Waals surface area contributed by atoms with Crippen LogP contribution >= 0.6 is 0 Å². The van der Waals surface area contributed by atoms with E-state index in [2.05, 4.69) is 42.6 Å². The molecule has 0 aromatic rings. The zero-order valence-corrected chi connectivity index (χ0v) is 37.7. The first-order valence-corrected chi connectivity index (χ1v) is 24.2. The van der Waals surface area contributed by atoms with Crippen molar-refractivity contribution in [1.29, 1.82) is 0 Å². The Labute approximate surface area is 343 Å². The van der Waals surface area contributed by atoms with Gasteiger partial charge >= 0.3 is 5.97 Å². The zero-order chi connectivity index (χ0) is 40.7. The quantitative estimate of drug-likeness (QED) is 0.0377. The van der Waals surface area contributed by atoms with E-state index in [1.165, 1.54) is 173 Å². The maximum absolute atomic E-state index is 12.7.